The van der Waals surface area contributed by atoms with Gasteiger partial charge in [0, 0.05) is 12.1 Å². The van der Waals surface area contributed by atoms with E-state index in [9.17, 15) is 4.79 Å². The van der Waals surface area contributed by atoms with Crippen LogP contribution in [0.25, 0.3) is 0 Å². The number of ether oxygens (including phenoxy) is 2. The predicted octanol–water partition coefficient (Wildman–Crippen LogP) is 3.45. The fourth-order valence-corrected chi connectivity index (χ4v) is 3.27. The van der Waals surface area contributed by atoms with E-state index >= 15 is 0 Å². The van der Waals surface area contributed by atoms with Crippen molar-refractivity contribution in [3.05, 3.63) is 59.7 Å². The molecule has 0 fully saturated rings. The van der Waals surface area contributed by atoms with Gasteiger partial charge in [-0.3, -0.25) is 9.69 Å². The summed E-state index contributed by atoms with van der Waals surface area (Å²) in [5.74, 6) is 1.55. The molecule has 0 bridgehead atoms. The van der Waals surface area contributed by atoms with Crippen LogP contribution in [0.2, 0.25) is 0 Å². The summed E-state index contributed by atoms with van der Waals surface area (Å²) in [5.41, 5.74) is 2.02. The lowest BCUT2D eigenvalue weighted by molar-refractivity contribution is -0.120. The van der Waals surface area contributed by atoms with Gasteiger partial charge < -0.3 is 14.8 Å². The van der Waals surface area contributed by atoms with Crippen LogP contribution >= 0.6 is 0 Å². The smallest absolute Gasteiger partial charge is 0.224 e. The van der Waals surface area contributed by atoms with Gasteiger partial charge in [0.2, 0.25) is 5.91 Å². The molecular formula is C22H30N2O3. The van der Waals surface area contributed by atoms with Crippen LogP contribution in [-0.4, -0.2) is 44.7 Å². The molecule has 0 heterocycles. The maximum Gasteiger partial charge on any atom is 0.224 e. The Morgan fingerprint density at radius 2 is 1.78 bits per heavy atom. The van der Waals surface area contributed by atoms with Crippen LogP contribution in [0.1, 0.15) is 31.0 Å². The first-order valence-electron chi connectivity index (χ1n) is 9.39. The molecule has 0 spiro atoms. The topological polar surface area (TPSA) is 50.8 Å². The molecule has 2 aromatic rings. The minimum Gasteiger partial charge on any atom is -0.497 e. The Hall–Kier alpha value is -2.53. The third-order valence-electron chi connectivity index (χ3n) is 4.77. The quantitative estimate of drug-likeness (QED) is 0.696. The summed E-state index contributed by atoms with van der Waals surface area (Å²) < 4.78 is 10.7. The lowest BCUT2D eigenvalue weighted by Gasteiger charge is -2.30. The molecule has 1 unspecified atom stereocenters. The summed E-state index contributed by atoms with van der Waals surface area (Å²) in [6, 6.07) is 15.7. The van der Waals surface area contributed by atoms with E-state index < -0.39 is 0 Å². The SMILES string of the molecule is CCN(CC)C(CNC(=O)Cc1ccccc1OC)c1cccc(OC)c1. The largest absolute Gasteiger partial charge is 0.497 e. The van der Waals surface area contributed by atoms with Crippen LogP contribution in [0.4, 0.5) is 0 Å². The second kappa shape index (κ2) is 10.6. The maximum atomic E-state index is 12.5. The first kappa shape index (κ1) is 20.8. The van der Waals surface area contributed by atoms with Crippen LogP contribution in [0.3, 0.4) is 0 Å². The second-order valence-corrected chi connectivity index (χ2v) is 6.31. The number of amides is 1. The maximum absolute atomic E-state index is 12.5. The second-order valence-electron chi connectivity index (χ2n) is 6.31. The standard InChI is InChI=1S/C22H30N2O3/c1-5-24(6-2)20(17-11-9-12-19(14-17)26-3)16-23-22(25)15-18-10-7-8-13-21(18)27-4/h7-14,20H,5-6,15-16H2,1-4H3,(H,23,25). The van der Waals surface area contributed by atoms with Gasteiger partial charge in [0.25, 0.3) is 0 Å². The molecule has 27 heavy (non-hydrogen) atoms. The zero-order chi connectivity index (χ0) is 19.6. The number of hydrogen-bond acceptors (Lipinski definition) is 4. The normalized spacial score (nSPS) is 11.9. The minimum atomic E-state index is -0.0143. The Bertz CT molecular complexity index is 729. The van der Waals surface area contributed by atoms with E-state index in [1.165, 1.54) is 0 Å². The Labute approximate surface area is 162 Å². The Morgan fingerprint density at radius 3 is 2.44 bits per heavy atom. The van der Waals surface area contributed by atoms with Crippen LogP contribution in [0.5, 0.6) is 11.5 Å². The number of methoxy groups -OCH3 is 2. The summed E-state index contributed by atoms with van der Waals surface area (Å²) in [6.45, 7) is 6.62. The van der Waals surface area contributed by atoms with E-state index in [1.54, 1.807) is 14.2 Å². The summed E-state index contributed by atoms with van der Waals surface area (Å²) in [5, 5.41) is 3.09. The first-order chi connectivity index (χ1) is 13.1. The zero-order valence-corrected chi connectivity index (χ0v) is 16.7. The molecule has 0 aliphatic carbocycles. The molecule has 5 nitrogen and oxygen atoms in total. The van der Waals surface area contributed by atoms with E-state index in [4.69, 9.17) is 9.47 Å². The molecule has 1 atom stereocenters. The van der Waals surface area contributed by atoms with Crippen LogP contribution in [0, 0.1) is 0 Å². The van der Waals surface area contributed by atoms with Gasteiger partial charge in [0.15, 0.2) is 0 Å². The van der Waals surface area contributed by atoms with Crippen LogP contribution in [-0.2, 0) is 11.2 Å². The number of likely N-dealkylation sites (N-methyl/N-ethyl adjacent to an activating group) is 1. The molecular weight excluding hydrogens is 340 g/mol. The van der Waals surface area contributed by atoms with Crippen molar-refractivity contribution >= 4 is 5.91 Å². The van der Waals surface area contributed by atoms with Crippen LogP contribution < -0.4 is 14.8 Å². The van der Waals surface area contributed by atoms with E-state index in [2.05, 4.69) is 30.1 Å². The van der Waals surface area contributed by atoms with E-state index in [0.717, 1.165) is 35.7 Å². The lowest BCUT2D eigenvalue weighted by Crippen LogP contribution is -2.38. The highest BCUT2D eigenvalue weighted by molar-refractivity contribution is 5.79. The molecule has 0 radical (unpaired) electrons. The lowest BCUT2D eigenvalue weighted by atomic mass is 10.0. The van der Waals surface area contributed by atoms with Gasteiger partial charge in [-0.15, -0.1) is 0 Å². The first-order valence-corrected chi connectivity index (χ1v) is 9.39. The van der Waals surface area contributed by atoms with E-state index in [-0.39, 0.29) is 11.9 Å². The number of carbonyl (C=O) groups is 1. The van der Waals surface area contributed by atoms with Gasteiger partial charge in [-0.05, 0) is 36.9 Å². The van der Waals surface area contributed by atoms with Gasteiger partial charge in [-0.25, -0.2) is 0 Å². The van der Waals surface area contributed by atoms with Crippen molar-refractivity contribution in [1.29, 1.82) is 0 Å². The molecule has 146 valence electrons. The summed E-state index contributed by atoms with van der Waals surface area (Å²) in [6.07, 6.45) is 0.299. The Morgan fingerprint density at radius 1 is 1.04 bits per heavy atom. The third-order valence-corrected chi connectivity index (χ3v) is 4.77. The van der Waals surface area contributed by atoms with Gasteiger partial charge in [0.1, 0.15) is 11.5 Å². The summed E-state index contributed by atoms with van der Waals surface area (Å²) in [7, 11) is 3.29. The molecule has 2 rings (SSSR count). The van der Waals surface area contributed by atoms with Crippen molar-refractivity contribution in [3.8, 4) is 11.5 Å². The average Bonchev–Trinajstić information content (AvgIpc) is 2.71. The molecule has 0 aliphatic rings. The highest BCUT2D eigenvalue weighted by Gasteiger charge is 2.20. The predicted molar refractivity (Wildman–Crippen MR) is 108 cm³/mol. The highest BCUT2D eigenvalue weighted by atomic mass is 16.5. The van der Waals surface area contributed by atoms with Gasteiger partial charge in [0.05, 0.1) is 26.7 Å². The monoisotopic (exact) mass is 370 g/mol. The highest BCUT2D eigenvalue weighted by Crippen LogP contribution is 2.24. The van der Waals surface area contributed by atoms with Crippen molar-refractivity contribution in [2.45, 2.75) is 26.3 Å². The van der Waals surface area contributed by atoms with Gasteiger partial charge >= 0.3 is 0 Å². The van der Waals surface area contributed by atoms with Crippen molar-refractivity contribution < 1.29 is 14.3 Å². The molecule has 1 N–H and O–H groups in total. The Kier molecular flexibility index (Phi) is 8.14. The summed E-state index contributed by atoms with van der Waals surface area (Å²) >= 11 is 0. The molecule has 1 amide bonds. The molecule has 0 aromatic heterocycles. The van der Waals surface area contributed by atoms with Crippen molar-refractivity contribution in [1.82, 2.24) is 10.2 Å². The number of benzene rings is 2. The number of rotatable bonds is 10. The minimum absolute atomic E-state index is 0.0143. The molecule has 0 saturated carbocycles. The van der Waals surface area contributed by atoms with Gasteiger partial charge in [-0.2, -0.15) is 0 Å². The molecule has 5 heteroatoms. The fourth-order valence-electron chi connectivity index (χ4n) is 3.27. The number of hydrogen-bond donors (Lipinski definition) is 1. The van der Waals surface area contributed by atoms with Crippen molar-refractivity contribution in [2.24, 2.45) is 0 Å². The fraction of sp³-hybridized carbons (Fsp3) is 0.409. The van der Waals surface area contributed by atoms with Crippen LogP contribution in [0.15, 0.2) is 48.5 Å². The molecule has 2 aromatic carbocycles. The van der Waals surface area contributed by atoms with E-state index in [0.29, 0.717) is 13.0 Å². The van der Waals surface area contributed by atoms with Crippen molar-refractivity contribution in [2.75, 3.05) is 33.9 Å². The number of para-hydroxylation sites is 1. The number of nitrogens with one attached hydrogen (secondary N) is 1. The van der Waals surface area contributed by atoms with Crippen molar-refractivity contribution in [3.63, 3.8) is 0 Å². The molecule has 0 saturated heterocycles. The average molecular weight is 370 g/mol. The van der Waals surface area contributed by atoms with Gasteiger partial charge in [-0.1, -0.05) is 44.2 Å². The number of nitrogens with zero attached hydrogens (tertiary/aromatic N) is 1. The van der Waals surface area contributed by atoms with E-state index in [1.807, 2.05) is 42.5 Å². The zero-order valence-electron chi connectivity index (χ0n) is 16.7. The summed E-state index contributed by atoms with van der Waals surface area (Å²) in [4.78, 5) is 14.9. The molecule has 0 aliphatic heterocycles. The Balaban J connectivity index is 2.09. The third kappa shape index (κ3) is 5.73. The number of carbonyl (C=O) groups excluding carboxylic acids is 1.